The Labute approximate surface area is 96.6 Å². The summed E-state index contributed by atoms with van der Waals surface area (Å²) in [5.74, 6) is 0.909. The first kappa shape index (κ1) is 11.9. The fourth-order valence-electron chi connectivity index (χ4n) is 1.06. The quantitative estimate of drug-likeness (QED) is 0.823. The van der Waals surface area contributed by atoms with E-state index in [1.807, 2.05) is 17.8 Å². The molecule has 1 aromatic carbocycles. The molecule has 0 spiro atoms. The molecule has 0 amide bonds. The molecule has 1 nitrogen and oxygen atoms in total. The molecule has 1 N–H and O–H groups in total. The number of halogens is 2. The lowest BCUT2D eigenvalue weighted by atomic mass is 10.3. The largest absolute Gasteiger partial charge is 0.385 e. The van der Waals surface area contributed by atoms with Crippen molar-refractivity contribution in [2.24, 2.45) is 0 Å². The molecule has 0 saturated heterocycles. The Balaban J connectivity index is 2.39. The first-order chi connectivity index (χ1) is 6.74. The highest BCUT2D eigenvalue weighted by Gasteiger charge is 1.99. The highest BCUT2D eigenvalue weighted by atomic mass is 79.9. The van der Waals surface area contributed by atoms with E-state index in [9.17, 15) is 4.39 Å². The number of hydrogen-bond acceptors (Lipinski definition) is 2. The molecule has 1 aromatic rings. The Morgan fingerprint density at radius 2 is 2.29 bits per heavy atom. The number of hydrogen-bond donors (Lipinski definition) is 1. The molecule has 0 aromatic heterocycles. The third-order valence-corrected chi connectivity index (χ3v) is 3.11. The number of benzene rings is 1. The topological polar surface area (TPSA) is 12.0 Å². The second-order valence-corrected chi connectivity index (χ2v) is 4.74. The van der Waals surface area contributed by atoms with Crippen molar-refractivity contribution in [3.05, 3.63) is 28.5 Å². The minimum absolute atomic E-state index is 0.222. The summed E-state index contributed by atoms with van der Waals surface area (Å²) >= 11 is 4.94. The second-order valence-electron chi connectivity index (χ2n) is 2.90. The molecule has 0 bridgehead atoms. The Morgan fingerprint density at radius 3 is 2.93 bits per heavy atom. The highest BCUT2D eigenvalue weighted by molar-refractivity contribution is 9.10. The van der Waals surface area contributed by atoms with E-state index in [1.165, 1.54) is 6.07 Å². The predicted octanol–water partition coefficient (Wildman–Crippen LogP) is 3.75. The summed E-state index contributed by atoms with van der Waals surface area (Å²) in [5, 5.41) is 3.17. The minimum Gasteiger partial charge on any atom is -0.385 e. The Morgan fingerprint density at radius 1 is 1.50 bits per heavy atom. The molecular formula is C10H13BrFNS. The summed E-state index contributed by atoms with van der Waals surface area (Å²) in [5.41, 5.74) is 0.840. The molecule has 1 rings (SSSR count). The van der Waals surface area contributed by atoms with Gasteiger partial charge in [-0.2, -0.15) is 11.8 Å². The van der Waals surface area contributed by atoms with Crippen LogP contribution in [0, 0.1) is 5.82 Å². The Hall–Kier alpha value is -0.220. The monoisotopic (exact) mass is 277 g/mol. The Kier molecular flexibility index (Phi) is 5.33. The van der Waals surface area contributed by atoms with Crippen molar-refractivity contribution < 1.29 is 4.39 Å². The molecular weight excluding hydrogens is 265 g/mol. The smallest absolute Gasteiger partial charge is 0.139 e. The van der Waals surface area contributed by atoms with Gasteiger partial charge in [-0.05, 0) is 52.6 Å². The van der Waals surface area contributed by atoms with Crippen LogP contribution in [-0.4, -0.2) is 18.6 Å². The second kappa shape index (κ2) is 6.30. The van der Waals surface area contributed by atoms with E-state index in [2.05, 4.69) is 27.5 Å². The fourth-order valence-corrected chi connectivity index (χ4v) is 1.73. The molecule has 0 aliphatic rings. The summed E-state index contributed by atoms with van der Waals surface area (Å²) in [6.07, 6.45) is 3.18. The zero-order valence-corrected chi connectivity index (χ0v) is 10.4. The van der Waals surface area contributed by atoms with E-state index in [-0.39, 0.29) is 5.82 Å². The molecule has 0 aliphatic carbocycles. The van der Waals surface area contributed by atoms with E-state index < -0.39 is 0 Å². The minimum atomic E-state index is -0.222. The van der Waals surface area contributed by atoms with Crippen LogP contribution in [0.25, 0.3) is 0 Å². The fraction of sp³-hybridized carbons (Fsp3) is 0.400. The van der Waals surface area contributed by atoms with Crippen LogP contribution in [0.2, 0.25) is 0 Å². The molecule has 0 saturated carbocycles. The maximum Gasteiger partial charge on any atom is 0.139 e. The van der Waals surface area contributed by atoms with Crippen molar-refractivity contribution in [2.45, 2.75) is 6.42 Å². The van der Waals surface area contributed by atoms with Crippen molar-refractivity contribution in [3.8, 4) is 0 Å². The zero-order valence-electron chi connectivity index (χ0n) is 8.02. The van der Waals surface area contributed by atoms with Gasteiger partial charge in [0.25, 0.3) is 0 Å². The summed E-state index contributed by atoms with van der Waals surface area (Å²) < 4.78 is 13.6. The third-order valence-electron chi connectivity index (χ3n) is 1.77. The van der Waals surface area contributed by atoms with Crippen LogP contribution in [0.3, 0.4) is 0 Å². The number of rotatable bonds is 5. The first-order valence-corrected chi connectivity index (χ1v) is 6.60. The average Bonchev–Trinajstić information content (AvgIpc) is 2.18. The molecule has 0 radical (unpaired) electrons. The average molecular weight is 278 g/mol. The summed E-state index contributed by atoms with van der Waals surface area (Å²) in [6.45, 7) is 0.891. The maximum atomic E-state index is 13.1. The molecule has 4 heteroatoms. The summed E-state index contributed by atoms with van der Waals surface area (Å²) in [7, 11) is 0. The number of anilines is 1. The van der Waals surface area contributed by atoms with Crippen LogP contribution >= 0.6 is 27.7 Å². The first-order valence-electron chi connectivity index (χ1n) is 4.42. The standard InChI is InChI=1S/C10H13BrFNS/c1-14-6-2-5-13-8-3-4-9(11)10(12)7-8/h3-4,7,13H,2,5-6H2,1H3. The summed E-state index contributed by atoms with van der Waals surface area (Å²) in [6, 6.07) is 5.08. The molecule has 14 heavy (non-hydrogen) atoms. The van der Waals surface area contributed by atoms with Gasteiger partial charge in [-0.1, -0.05) is 0 Å². The zero-order chi connectivity index (χ0) is 10.4. The van der Waals surface area contributed by atoms with E-state index in [1.54, 1.807) is 6.07 Å². The molecule has 0 fully saturated rings. The van der Waals surface area contributed by atoms with Gasteiger partial charge in [0.1, 0.15) is 5.82 Å². The van der Waals surface area contributed by atoms with Gasteiger partial charge in [0, 0.05) is 12.2 Å². The van der Waals surface area contributed by atoms with Crippen LogP contribution in [0.5, 0.6) is 0 Å². The number of thioether (sulfide) groups is 1. The SMILES string of the molecule is CSCCCNc1ccc(Br)c(F)c1. The third kappa shape index (κ3) is 3.88. The van der Waals surface area contributed by atoms with E-state index in [0.29, 0.717) is 4.47 Å². The van der Waals surface area contributed by atoms with Crippen LogP contribution < -0.4 is 5.32 Å². The van der Waals surface area contributed by atoms with Crippen LogP contribution in [0.1, 0.15) is 6.42 Å². The Bertz CT molecular complexity index is 293. The van der Waals surface area contributed by atoms with Crippen LogP contribution in [0.4, 0.5) is 10.1 Å². The lowest BCUT2D eigenvalue weighted by Gasteiger charge is -2.06. The lowest BCUT2D eigenvalue weighted by molar-refractivity contribution is 0.621. The van der Waals surface area contributed by atoms with E-state index in [4.69, 9.17) is 0 Å². The normalized spacial score (nSPS) is 10.2. The van der Waals surface area contributed by atoms with Gasteiger partial charge in [-0.3, -0.25) is 0 Å². The van der Waals surface area contributed by atoms with Crippen molar-refractivity contribution in [1.29, 1.82) is 0 Å². The van der Waals surface area contributed by atoms with Crippen molar-refractivity contribution in [2.75, 3.05) is 23.9 Å². The van der Waals surface area contributed by atoms with Gasteiger partial charge >= 0.3 is 0 Å². The molecule has 78 valence electrons. The molecule has 0 unspecified atom stereocenters. The van der Waals surface area contributed by atoms with E-state index >= 15 is 0 Å². The maximum absolute atomic E-state index is 13.1. The molecule has 0 aliphatic heterocycles. The van der Waals surface area contributed by atoms with Gasteiger partial charge < -0.3 is 5.32 Å². The predicted molar refractivity (Wildman–Crippen MR) is 65.6 cm³/mol. The van der Waals surface area contributed by atoms with Gasteiger partial charge in [-0.15, -0.1) is 0 Å². The lowest BCUT2D eigenvalue weighted by Crippen LogP contribution is -2.02. The van der Waals surface area contributed by atoms with Gasteiger partial charge in [0.2, 0.25) is 0 Å². The highest BCUT2D eigenvalue weighted by Crippen LogP contribution is 2.19. The number of nitrogens with one attached hydrogen (secondary N) is 1. The van der Waals surface area contributed by atoms with Crippen molar-refractivity contribution in [1.82, 2.24) is 0 Å². The van der Waals surface area contributed by atoms with E-state index in [0.717, 1.165) is 24.4 Å². The van der Waals surface area contributed by atoms with Crippen molar-refractivity contribution >= 4 is 33.4 Å². The van der Waals surface area contributed by atoms with Crippen LogP contribution in [0.15, 0.2) is 22.7 Å². The molecule has 0 atom stereocenters. The van der Waals surface area contributed by atoms with Crippen molar-refractivity contribution in [3.63, 3.8) is 0 Å². The van der Waals surface area contributed by atoms with Crippen LogP contribution in [-0.2, 0) is 0 Å². The summed E-state index contributed by atoms with van der Waals surface area (Å²) in [4.78, 5) is 0. The van der Waals surface area contributed by atoms with Gasteiger partial charge in [-0.25, -0.2) is 4.39 Å². The van der Waals surface area contributed by atoms with Gasteiger partial charge in [0.15, 0.2) is 0 Å². The molecule has 0 heterocycles. The van der Waals surface area contributed by atoms with Gasteiger partial charge in [0.05, 0.1) is 4.47 Å².